The van der Waals surface area contributed by atoms with Crippen molar-refractivity contribution < 1.29 is 24.6 Å². The Morgan fingerprint density at radius 2 is 1.81 bits per heavy atom. The molecule has 1 unspecified atom stereocenters. The second-order valence-corrected chi connectivity index (χ2v) is 3.12. The minimum Gasteiger partial charge on any atom is -0.481 e. The molecule has 0 aliphatic heterocycles. The molecule has 0 saturated carbocycles. The first kappa shape index (κ1) is 17.1. The van der Waals surface area contributed by atoms with Gasteiger partial charge in [0.05, 0.1) is 6.04 Å². The highest BCUT2D eigenvalue weighted by atomic mass is 35.5. The van der Waals surface area contributed by atoms with Gasteiger partial charge in [0, 0.05) is 6.42 Å². The number of amides is 1. The van der Waals surface area contributed by atoms with Crippen molar-refractivity contribution in [3.63, 3.8) is 0 Å². The van der Waals surface area contributed by atoms with E-state index in [1.54, 1.807) is 0 Å². The number of hydrogen-bond acceptors (Lipinski definition) is 4. The van der Waals surface area contributed by atoms with Crippen LogP contribution in [0.2, 0.25) is 0 Å². The number of rotatable bonds is 6. The standard InChI is InChI=1S/C8H14N2O5.ClH/c1-4(9)7(13)10-5(8(14)15)2-3-6(11)12;/h4-5H,2-3,9H2,1H3,(H,10,13)(H,11,12)(H,14,15);1H/t4?,5-;/m0./s1. The third-order valence-electron chi connectivity index (χ3n) is 1.68. The number of hydrogen-bond donors (Lipinski definition) is 4. The molecule has 7 nitrogen and oxygen atoms in total. The fourth-order valence-corrected chi connectivity index (χ4v) is 0.828. The van der Waals surface area contributed by atoms with E-state index in [9.17, 15) is 14.4 Å². The summed E-state index contributed by atoms with van der Waals surface area (Å²) in [5.74, 6) is -3.01. The summed E-state index contributed by atoms with van der Waals surface area (Å²) in [6, 6.07) is -2.03. The topological polar surface area (TPSA) is 130 Å². The van der Waals surface area contributed by atoms with E-state index < -0.39 is 29.9 Å². The van der Waals surface area contributed by atoms with Crippen LogP contribution < -0.4 is 11.1 Å². The third-order valence-corrected chi connectivity index (χ3v) is 1.68. The smallest absolute Gasteiger partial charge is 0.326 e. The van der Waals surface area contributed by atoms with Crippen LogP contribution in [0.4, 0.5) is 0 Å². The van der Waals surface area contributed by atoms with Crippen LogP contribution in [0.15, 0.2) is 0 Å². The Balaban J connectivity index is 0. The summed E-state index contributed by atoms with van der Waals surface area (Å²) >= 11 is 0. The summed E-state index contributed by atoms with van der Waals surface area (Å²) < 4.78 is 0. The molecule has 1 amide bonds. The fraction of sp³-hybridized carbons (Fsp3) is 0.625. The number of carbonyl (C=O) groups excluding carboxylic acids is 1. The van der Waals surface area contributed by atoms with Crippen molar-refractivity contribution in [3.05, 3.63) is 0 Å². The Labute approximate surface area is 98.4 Å². The first-order valence-corrected chi connectivity index (χ1v) is 4.35. The highest BCUT2D eigenvalue weighted by molar-refractivity contribution is 5.86. The highest BCUT2D eigenvalue weighted by Gasteiger charge is 2.21. The molecule has 0 radical (unpaired) electrons. The molecular weight excluding hydrogens is 240 g/mol. The average Bonchev–Trinajstić information content (AvgIpc) is 2.10. The van der Waals surface area contributed by atoms with Crippen LogP contribution in [-0.4, -0.2) is 40.1 Å². The normalized spacial score (nSPS) is 13.1. The molecule has 0 fully saturated rings. The van der Waals surface area contributed by atoms with E-state index in [1.165, 1.54) is 6.92 Å². The van der Waals surface area contributed by atoms with E-state index in [4.69, 9.17) is 15.9 Å². The number of aliphatic carboxylic acids is 2. The van der Waals surface area contributed by atoms with Gasteiger partial charge < -0.3 is 21.3 Å². The van der Waals surface area contributed by atoms with Crippen molar-refractivity contribution in [1.29, 1.82) is 0 Å². The molecule has 0 aromatic rings. The lowest BCUT2D eigenvalue weighted by Crippen LogP contribution is -2.47. The summed E-state index contributed by atoms with van der Waals surface area (Å²) in [7, 11) is 0. The number of carbonyl (C=O) groups is 3. The number of carboxylic acid groups (broad SMARTS) is 2. The maximum Gasteiger partial charge on any atom is 0.326 e. The van der Waals surface area contributed by atoms with E-state index >= 15 is 0 Å². The van der Waals surface area contributed by atoms with Gasteiger partial charge in [0.2, 0.25) is 5.91 Å². The number of nitrogens with one attached hydrogen (secondary N) is 1. The number of carboxylic acids is 2. The van der Waals surface area contributed by atoms with E-state index in [2.05, 4.69) is 5.32 Å². The Morgan fingerprint density at radius 1 is 1.31 bits per heavy atom. The van der Waals surface area contributed by atoms with Crippen molar-refractivity contribution in [3.8, 4) is 0 Å². The van der Waals surface area contributed by atoms with Crippen LogP contribution >= 0.6 is 12.4 Å². The summed E-state index contributed by atoms with van der Waals surface area (Å²) in [4.78, 5) is 31.9. The zero-order valence-corrected chi connectivity index (χ0v) is 9.49. The minimum atomic E-state index is -1.27. The van der Waals surface area contributed by atoms with Gasteiger partial charge >= 0.3 is 11.9 Å². The Kier molecular flexibility index (Phi) is 8.41. The van der Waals surface area contributed by atoms with Crippen molar-refractivity contribution >= 4 is 30.3 Å². The largest absolute Gasteiger partial charge is 0.481 e. The first-order chi connectivity index (χ1) is 6.84. The SMILES string of the molecule is CC(N)C(=O)N[C@@H](CCC(=O)O)C(=O)O.Cl. The fourth-order valence-electron chi connectivity index (χ4n) is 0.828. The summed E-state index contributed by atoms with van der Waals surface area (Å²) in [5, 5.41) is 19.2. The molecule has 0 rings (SSSR count). The van der Waals surface area contributed by atoms with Crippen LogP contribution in [0.3, 0.4) is 0 Å². The van der Waals surface area contributed by atoms with Crippen LogP contribution in [0, 0.1) is 0 Å². The van der Waals surface area contributed by atoms with Gasteiger partial charge in [0.1, 0.15) is 6.04 Å². The van der Waals surface area contributed by atoms with Crippen molar-refractivity contribution in [2.45, 2.75) is 31.8 Å². The zero-order valence-electron chi connectivity index (χ0n) is 8.67. The first-order valence-electron chi connectivity index (χ1n) is 4.35. The Bertz CT molecular complexity index is 269. The van der Waals surface area contributed by atoms with Gasteiger partial charge in [-0.25, -0.2) is 4.79 Å². The predicted octanol–water partition coefficient (Wildman–Crippen LogP) is -0.810. The molecule has 0 bridgehead atoms. The van der Waals surface area contributed by atoms with Crippen molar-refractivity contribution in [2.75, 3.05) is 0 Å². The summed E-state index contributed by atoms with van der Waals surface area (Å²) in [6.45, 7) is 1.41. The lowest BCUT2D eigenvalue weighted by Gasteiger charge is -2.14. The molecular formula is C8H15ClN2O5. The molecule has 0 aliphatic rings. The molecule has 94 valence electrons. The molecule has 16 heavy (non-hydrogen) atoms. The monoisotopic (exact) mass is 254 g/mol. The minimum absolute atomic E-state index is 0. The zero-order chi connectivity index (χ0) is 12.0. The Hall–Kier alpha value is -1.34. The van der Waals surface area contributed by atoms with Crippen LogP contribution in [-0.2, 0) is 14.4 Å². The highest BCUT2D eigenvalue weighted by Crippen LogP contribution is 1.98. The molecule has 0 aromatic carbocycles. The second kappa shape index (κ2) is 7.89. The van der Waals surface area contributed by atoms with Gasteiger partial charge in [0.15, 0.2) is 0 Å². The Morgan fingerprint density at radius 3 is 2.12 bits per heavy atom. The van der Waals surface area contributed by atoms with Gasteiger partial charge in [0.25, 0.3) is 0 Å². The maximum atomic E-state index is 11.1. The van der Waals surface area contributed by atoms with Gasteiger partial charge in [-0.3, -0.25) is 9.59 Å². The lowest BCUT2D eigenvalue weighted by molar-refractivity contribution is -0.143. The van der Waals surface area contributed by atoms with Crippen LogP contribution in [0.5, 0.6) is 0 Å². The van der Waals surface area contributed by atoms with Crippen LogP contribution in [0.1, 0.15) is 19.8 Å². The molecule has 8 heteroatoms. The molecule has 0 spiro atoms. The molecule has 0 saturated heterocycles. The van der Waals surface area contributed by atoms with Gasteiger partial charge in [-0.15, -0.1) is 12.4 Å². The molecule has 2 atom stereocenters. The van der Waals surface area contributed by atoms with Gasteiger partial charge in [-0.05, 0) is 13.3 Å². The van der Waals surface area contributed by atoms with Crippen LogP contribution in [0.25, 0.3) is 0 Å². The third kappa shape index (κ3) is 7.02. The van der Waals surface area contributed by atoms with Crippen molar-refractivity contribution in [1.82, 2.24) is 5.32 Å². The summed E-state index contributed by atoms with van der Waals surface area (Å²) in [6.07, 6.45) is -0.487. The van der Waals surface area contributed by atoms with E-state index in [0.717, 1.165) is 0 Å². The van der Waals surface area contributed by atoms with E-state index in [0.29, 0.717) is 0 Å². The number of nitrogens with two attached hydrogens (primary N) is 1. The predicted molar refractivity (Wildman–Crippen MR) is 57.3 cm³/mol. The quantitative estimate of drug-likeness (QED) is 0.490. The lowest BCUT2D eigenvalue weighted by atomic mass is 10.1. The van der Waals surface area contributed by atoms with E-state index in [1.807, 2.05) is 0 Å². The van der Waals surface area contributed by atoms with Gasteiger partial charge in [-0.1, -0.05) is 0 Å². The van der Waals surface area contributed by atoms with E-state index in [-0.39, 0.29) is 25.2 Å². The molecule has 5 N–H and O–H groups in total. The molecule has 0 aliphatic carbocycles. The number of halogens is 1. The summed E-state index contributed by atoms with van der Waals surface area (Å²) in [5.41, 5.74) is 5.22. The van der Waals surface area contributed by atoms with Gasteiger partial charge in [-0.2, -0.15) is 0 Å². The van der Waals surface area contributed by atoms with Crippen molar-refractivity contribution in [2.24, 2.45) is 5.73 Å². The molecule has 0 heterocycles. The maximum absolute atomic E-state index is 11.1. The molecule has 0 aromatic heterocycles. The average molecular weight is 255 g/mol. The second-order valence-electron chi connectivity index (χ2n) is 3.12.